The van der Waals surface area contributed by atoms with Gasteiger partial charge in [0.15, 0.2) is 19.1 Å². The number of nitrogens with one attached hydrogen (secondary N) is 1. The summed E-state index contributed by atoms with van der Waals surface area (Å²) in [6.45, 7) is 3.44. The van der Waals surface area contributed by atoms with Crippen LogP contribution in [0.1, 0.15) is 25.0 Å². The van der Waals surface area contributed by atoms with Crippen LogP contribution >= 0.6 is 0 Å². The predicted molar refractivity (Wildman–Crippen MR) is 125 cm³/mol. The summed E-state index contributed by atoms with van der Waals surface area (Å²) in [4.78, 5) is 34.4. The van der Waals surface area contributed by atoms with Crippen LogP contribution in [0.15, 0.2) is 47.2 Å². The second-order valence-electron chi connectivity index (χ2n) is 8.20. The standard InChI is InChI=1S/C23H20BFN6O4/c1-3-34-22(33)23(2)17-18(24)26-19(27-20(17)28-21(23)32)15-10-16(14-8-9-35-30-14)31(29-15)11-12-6-4-5-7-13(12)25/h4-10H,3,11,24H2,1-2H3,(H,26,27,28,32). The molecule has 10 nitrogen and oxygen atoms in total. The minimum absolute atomic E-state index is 0.135. The van der Waals surface area contributed by atoms with E-state index in [2.05, 4.69) is 25.5 Å². The number of halogens is 1. The Morgan fingerprint density at radius 2 is 2.06 bits per heavy atom. The summed E-state index contributed by atoms with van der Waals surface area (Å²) in [5, 5.41) is 11.3. The molecule has 1 atom stereocenters. The number of esters is 1. The van der Waals surface area contributed by atoms with Gasteiger partial charge in [-0.2, -0.15) is 5.10 Å². The molecule has 0 saturated carbocycles. The zero-order valence-corrected chi connectivity index (χ0v) is 19.2. The van der Waals surface area contributed by atoms with Crippen LogP contribution in [0.2, 0.25) is 0 Å². The van der Waals surface area contributed by atoms with Gasteiger partial charge in [-0.05, 0) is 26.0 Å². The highest BCUT2D eigenvalue weighted by molar-refractivity contribution is 6.35. The van der Waals surface area contributed by atoms with E-state index in [1.54, 1.807) is 49.8 Å². The van der Waals surface area contributed by atoms with Gasteiger partial charge >= 0.3 is 5.97 Å². The molecule has 0 spiro atoms. The number of hydrogen-bond acceptors (Lipinski definition) is 8. The third-order valence-corrected chi connectivity index (χ3v) is 5.95. The molecule has 0 radical (unpaired) electrons. The van der Waals surface area contributed by atoms with Gasteiger partial charge in [-0.25, -0.2) is 14.4 Å². The number of fused-ring (bicyclic) bond motifs is 1. The number of hydrogen-bond donors (Lipinski definition) is 1. The van der Waals surface area contributed by atoms with E-state index >= 15 is 0 Å². The average molecular weight is 474 g/mol. The van der Waals surface area contributed by atoms with E-state index in [1.807, 2.05) is 0 Å². The highest BCUT2D eigenvalue weighted by atomic mass is 19.1. The van der Waals surface area contributed by atoms with Crippen molar-refractivity contribution < 1.29 is 23.2 Å². The molecule has 1 N–H and O–H groups in total. The first-order chi connectivity index (χ1) is 16.8. The van der Waals surface area contributed by atoms with Gasteiger partial charge in [0.2, 0.25) is 5.91 Å². The molecule has 1 aliphatic heterocycles. The summed E-state index contributed by atoms with van der Waals surface area (Å²) in [6.07, 6.45) is 1.43. The average Bonchev–Trinajstić information content (AvgIpc) is 3.55. The smallest absolute Gasteiger partial charge is 0.326 e. The summed E-state index contributed by atoms with van der Waals surface area (Å²) in [5.41, 5.74) is 1.14. The molecular weight excluding hydrogens is 454 g/mol. The first kappa shape index (κ1) is 22.4. The maximum atomic E-state index is 14.3. The van der Waals surface area contributed by atoms with Crippen molar-refractivity contribution in [1.82, 2.24) is 24.9 Å². The zero-order valence-electron chi connectivity index (χ0n) is 19.2. The third-order valence-electron chi connectivity index (χ3n) is 5.95. The van der Waals surface area contributed by atoms with Gasteiger partial charge in [0.25, 0.3) is 0 Å². The van der Waals surface area contributed by atoms with Gasteiger partial charge in [0, 0.05) is 22.8 Å². The summed E-state index contributed by atoms with van der Waals surface area (Å²) in [7, 11) is 1.69. The topological polar surface area (TPSA) is 125 Å². The van der Waals surface area contributed by atoms with Crippen molar-refractivity contribution in [3.05, 3.63) is 59.6 Å². The first-order valence-corrected chi connectivity index (χ1v) is 10.9. The normalized spacial score (nSPS) is 16.7. The van der Waals surface area contributed by atoms with E-state index in [4.69, 9.17) is 9.26 Å². The van der Waals surface area contributed by atoms with Crippen LogP contribution in [0.25, 0.3) is 22.9 Å². The van der Waals surface area contributed by atoms with Crippen molar-refractivity contribution in [1.29, 1.82) is 0 Å². The molecule has 5 rings (SSSR count). The molecule has 0 bridgehead atoms. The Morgan fingerprint density at radius 3 is 2.77 bits per heavy atom. The van der Waals surface area contributed by atoms with Crippen LogP contribution in [-0.4, -0.2) is 51.2 Å². The highest BCUT2D eigenvalue weighted by Gasteiger charge is 2.52. The number of ether oxygens (including phenoxy) is 1. The Morgan fingerprint density at radius 1 is 1.26 bits per heavy atom. The van der Waals surface area contributed by atoms with Gasteiger partial charge < -0.3 is 14.6 Å². The highest BCUT2D eigenvalue weighted by Crippen LogP contribution is 2.37. The number of carbonyl (C=O) groups excluding carboxylic acids is 2. The molecule has 1 unspecified atom stereocenters. The quantitative estimate of drug-likeness (QED) is 0.251. The van der Waals surface area contributed by atoms with E-state index in [0.717, 1.165) is 0 Å². The molecule has 1 amide bonds. The lowest BCUT2D eigenvalue weighted by Gasteiger charge is -2.20. The summed E-state index contributed by atoms with van der Waals surface area (Å²) >= 11 is 0. The van der Waals surface area contributed by atoms with Gasteiger partial charge in [-0.1, -0.05) is 23.4 Å². The fraction of sp³-hybridized carbons (Fsp3) is 0.217. The van der Waals surface area contributed by atoms with Crippen LogP contribution in [0.4, 0.5) is 10.2 Å². The molecule has 4 aromatic rings. The third kappa shape index (κ3) is 3.67. The second-order valence-corrected chi connectivity index (χ2v) is 8.20. The van der Waals surface area contributed by atoms with Gasteiger partial charge in [0.05, 0.1) is 18.8 Å². The number of benzene rings is 1. The Hall–Kier alpha value is -4.35. The van der Waals surface area contributed by atoms with Crippen LogP contribution in [0, 0.1) is 5.82 Å². The van der Waals surface area contributed by atoms with Crippen molar-refractivity contribution >= 4 is 31.1 Å². The first-order valence-electron chi connectivity index (χ1n) is 10.9. The molecule has 0 fully saturated rings. The van der Waals surface area contributed by atoms with Crippen LogP contribution < -0.4 is 10.9 Å². The molecule has 4 heterocycles. The monoisotopic (exact) mass is 474 g/mol. The van der Waals surface area contributed by atoms with Crippen LogP contribution in [0.3, 0.4) is 0 Å². The lowest BCUT2D eigenvalue weighted by molar-refractivity contribution is -0.152. The van der Waals surface area contributed by atoms with Gasteiger partial charge in [-0.3, -0.25) is 14.3 Å². The van der Waals surface area contributed by atoms with E-state index in [9.17, 15) is 14.0 Å². The number of amides is 1. The van der Waals surface area contributed by atoms with E-state index < -0.39 is 17.3 Å². The number of anilines is 1. The Labute approximate surface area is 199 Å². The van der Waals surface area contributed by atoms with E-state index in [0.29, 0.717) is 33.8 Å². The van der Waals surface area contributed by atoms with Crippen molar-refractivity contribution in [3.8, 4) is 22.9 Å². The van der Waals surface area contributed by atoms with E-state index in [-0.39, 0.29) is 30.6 Å². The van der Waals surface area contributed by atoms with E-state index in [1.165, 1.54) is 19.3 Å². The minimum atomic E-state index is -1.55. The largest absolute Gasteiger partial charge is 0.465 e. The zero-order chi connectivity index (χ0) is 24.7. The fourth-order valence-electron chi connectivity index (χ4n) is 4.18. The van der Waals surface area contributed by atoms with Crippen molar-refractivity contribution in [2.75, 3.05) is 11.9 Å². The molecule has 3 aromatic heterocycles. The minimum Gasteiger partial charge on any atom is -0.465 e. The Kier molecular flexibility index (Phi) is 5.42. The number of nitrogens with zero attached hydrogens (tertiary/aromatic N) is 5. The van der Waals surface area contributed by atoms with Gasteiger partial charge in [0.1, 0.15) is 29.3 Å². The Bertz CT molecular complexity index is 1450. The van der Waals surface area contributed by atoms with Gasteiger partial charge in [-0.15, -0.1) is 0 Å². The molecule has 1 aliphatic rings. The van der Waals surface area contributed by atoms with Crippen LogP contribution in [-0.2, 0) is 26.3 Å². The summed E-state index contributed by atoms with van der Waals surface area (Å²) in [6, 6.07) is 9.79. The fourth-order valence-corrected chi connectivity index (χ4v) is 4.18. The maximum absolute atomic E-state index is 14.3. The van der Waals surface area contributed by atoms with Crippen LogP contribution in [0.5, 0.6) is 0 Å². The predicted octanol–water partition coefficient (Wildman–Crippen LogP) is 1.21. The molecule has 176 valence electrons. The second kappa shape index (κ2) is 8.46. The lowest BCUT2D eigenvalue weighted by Crippen LogP contribution is -2.43. The van der Waals surface area contributed by atoms with Crippen molar-refractivity contribution in [2.45, 2.75) is 25.8 Å². The molecule has 0 saturated heterocycles. The SMILES string of the molecule is Bc1nc(-c2cc(-c3ccon3)n(Cc3ccccc3F)n2)nc2c1C(C)(C(=O)OCC)C(=O)N2. The molecule has 12 heteroatoms. The number of carbonyl (C=O) groups is 2. The van der Waals surface area contributed by atoms with Crippen molar-refractivity contribution in [3.63, 3.8) is 0 Å². The maximum Gasteiger partial charge on any atom is 0.326 e. The number of rotatable bonds is 6. The lowest BCUT2D eigenvalue weighted by atomic mass is 9.79. The molecule has 1 aromatic carbocycles. The molecule has 35 heavy (non-hydrogen) atoms. The summed E-state index contributed by atoms with van der Waals surface area (Å²) in [5.74, 6) is -1.11. The summed E-state index contributed by atoms with van der Waals surface area (Å²) < 4.78 is 26.0. The van der Waals surface area contributed by atoms with Crippen molar-refractivity contribution in [2.24, 2.45) is 0 Å². The molecule has 0 aliphatic carbocycles. The molecular formula is C23H20BFN6O4. The number of aromatic nitrogens is 5. The Balaban J connectivity index is 1.59.